The summed E-state index contributed by atoms with van der Waals surface area (Å²) in [6.07, 6.45) is 1.55. The minimum Gasteiger partial charge on any atom is -0.454 e. The molecule has 2 aromatic rings. The number of ether oxygens (including phenoxy) is 1. The Morgan fingerprint density at radius 2 is 1.52 bits per heavy atom. The molecule has 0 N–H and O–H groups in total. The van der Waals surface area contributed by atoms with Gasteiger partial charge in [-0.1, -0.05) is 34.8 Å². The number of ketones is 1. The Labute approximate surface area is 183 Å². The van der Waals surface area contributed by atoms with E-state index >= 15 is 0 Å². The van der Waals surface area contributed by atoms with Crippen LogP contribution in [0.2, 0.25) is 15.1 Å². The quantitative estimate of drug-likeness (QED) is 0.454. The van der Waals surface area contributed by atoms with Crippen molar-refractivity contribution in [1.29, 1.82) is 0 Å². The Morgan fingerprint density at radius 1 is 0.897 bits per heavy atom. The number of carbonyl (C=O) groups is 2. The van der Waals surface area contributed by atoms with Crippen LogP contribution < -0.4 is 0 Å². The fourth-order valence-electron chi connectivity index (χ4n) is 2.86. The van der Waals surface area contributed by atoms with Crippen LogP contribution in [-0.4, -0.2) is 44.2 Å². The van der Waals surface area contributed by atoms with Gasteiger partial charge in [0.15, 0.2) is 12.4 Å². The zero-order chi connectivity index (χ0) is 21.2. The monoisotopic (exact) mass is 475 g/mol. The van der Waals surface area contributed by atoms with Gasteiger partial charge >= 0.3 is 5.97 Å². The van der Waals surface area contributed by atoms with Gasteiger partial charge in [0.25, 0.3) is 0 Å². The van der Waals surface area contributed by atoms with Crippen molar-refractivity contribution in [3.05, 3.63) is 62.6 Å². The number of carbonyl (C=O) groups excluding carboxylic acids is 2. The first kappa shape index (κ1) is 22.1. The summed E-state index contributed by atoms with van der Waals surface area (Å²) in [7, 11) is -3.81. The zero-order valence-corrected chi connectivity index (χ0v) is 18.1. The molecular weight excluding hydrogens is 461 g/mol. The molecule has 0 radical (unpaired) electrons. The summed E-state index contributed by atoms with van der Waals surface area (Å²) in [5, 5.41) is 0.520. The second-order valence-corrected chi connectivity index (χ2v) is 9.51. The maximum Gasteiger partial charge on any atom is 0.338 e. The van der Waals surface area contributed by atoms with Crippen LogP contribution in [0.3, 0.4) is 0 Å². The Hall–Kier alpha value is -1.64. The Morgan fingerprint density at radius 3 is 2.17 bits per heavy atom. The minimum absolute atomic E-state index is 0.0142. The molecule has 1 aliphatic rings. The first-order valence-electron chi connectivity index (χ1n) is 8.65. The fraction of sp³-hybridized carbons (Fsp3) is 0.263. The molecule has 0 bridgehead atoms. The van der Waals surface area contributed by atoms with E-state index in [1.54, 1.807) is 0 Å². The van der Waals surface area contributed by atoms with E-state index in [4.69, 9.17) is 39.5 Å². The number of halogens is 3. The number of hydrogen-bond acceptors (Lipinski definition) is 5. The van der Waals surface area contributed by atoms with Crippen LogP contribution in [0.5, 0.6) is 0 Å². The van der Waals surface area contributed by atoms with Crippen molar-refractivity contribution in [2.75, 3.05) is 19.7 Å². The molecule has 2 aromatic carbocycles. The second-order valence-electron chi connectivity index (χ2n) is 6.38. The van der Waals surface area contributed by atoms with E-state index in [9.17, 15) is 18.0 Å². The van der Waals surface area contributed by atoms with Crippen molar-refractivity contribution in [2.45, 2.75) is 17.7 Å². The van der Waals surface area contributed by atoms with Crippen molar-refractivity contribution in [3.63, 3.8) is 0 Å². The molecule has 10 heteroatoms. The topological polar surface area (TPSA) is 80.8 Å². The molecule has 0 spiro atoms. The lowest BCUT2D eigenvalue weighted by Crippen LogP contribution is -2.28. The summed E-state index contributed by atoms with van der Waals surface area (Å²) in [5.74, 6) is -1.32. The average Bonchev–Trinajstić information content (AvgIpc) is 3.24. The summed E-state index contributed by atoms with van der Waals surface area (Å²) in [5.41, 5.74) is 0.217. The first-order chi connectivity index (χ1) is 13.7. The molecule has 1 aliphatic heterocycles. The summed E-state index contributed by atoms with van der Waals surface area (Å²) >= 11 is 17.8. The van der Waals surface area contributed by atoms with Crippen LogP contribution >= 0.6 is 34.8 Å². The lowest BCUT2D eigenvalue weighted by molar-refractivity contribution is 0.0474. The summed E-state index contributed by atoms with van der Waals surface area (Å²) in [6, 6.07) is 8.14. The van der Waals surface area contributed by atoms with Gasteiger partial charge in [0.2, 0.25) is 10.0 Å². The lowest BCUT2D eigenvalue weighted by atomic mass is 10.1. The van der Waals surface area contributed by atoms with E-state index in [1.807, 2.05) is 0 Å². The van der Waals surface area contributed by atoms with Crippen LogP contribution in [0.4, 0.5) is 0 Å². The molecule has 0 amide bonds. The summed E-state index contributed by atoms with van der Waals surface area (Å²) < 4.78 is 31.9. The predicted molar refractivity (Wildman–Crippen MR) is 111 cm³/mol. The fourth-order valence-corrected chi connectivity index (χ4v) is 5.18. The third-order valence-electron chi connectivity index (χ3n) is 4.43. The number of hydrogen-bond donors (Lipinski definition) is 0. The van der Waals surface area contributed by atoms with Gasteiger partial charge in [0.05, 0.1) is 20.6 Å². The van der Waals surface area contributed by atoms with E-state index in [1.165, 1.54) is 40.7 Å². The highest BCUT2D eigenvalue weighted by atomic mass is 35.5. The first-order valence-corrected chi connectivity index (χ1v) is 11.2. The molecule has 3 rings (SSSR count). The number of nitrogens with zero attached hydrogens (tertiary/aromatic N) is 1. The molecule has 1 saturated heterocycles. The Balaban J connectivity index is 1.74. The number of benzene rings is 2. The largest absolute Gasteiger partial charge is 0.454 e. The third kappa shape index (κ3) is 4.92. The Kier molecular flexibility index (Phi) is 6.86. The zero-order valence-electron chi connectivity index (χ0n) is 15.0. The van der Waals surface area contributed by atoms with E-state index in [0.29, 0.717) is 18.1 Å². The highest BCUT2D eigenvalue weighted by Gasteiger charge is 2.30. The van der Waals surface area contributed by atoms with Crippen molar-refractivity contribution in [2.24, 2.45) is 0 Å². The molecule has 29 heavy (non-hydrogen) atoms. The lowest BCUT2D eigenvalue weighted by Gasteiger charge is -2.17. The highest BCUT2D eigenvalue weighted by molar-refractivity contribution is 7.89. The van der Waals surface area contributed by atoms with Gasteiger partial charge in [-0.3, -0.25) is 4.79 Å². The van der Waals surface area contributed by atoms with Gasteiger partial charge < -0.3 is 4.74 Å². The van der Waals surface area contributed by atoms with Gasteiger partial charge in [0.1, 0.15) is 4.90 Å². The van der Waals surface area contributed by atoms with Gasteiger partial charge in [-0.05, 0) is 49.2 Å². The molecule has 0 unspecified atom stereocenters. The predicted octanol–water partition coefficient (Wildman–Crippen LogP) is 4.47. The van der Waals surface area contributed by atoms with Gasteiger partial charge in [-0.25, -0.2) is 13.2 Å². The Bertz CT molecular complexity index is 1070. The van der Waals surface area contributed by atoms with Crippen molar-refractivity contribution >= 4 is 56.6 Å². The van der Waals surface area contributed by atoms with Crippen LogP contribution in [0, 0.1) is 0 Å². The molecule has 6 nitrogen and oxygen atoms in total. The van der Waals surface area contributed by atoms with E-state index in [2.05, 4.69) is 0 Å². The number of esters is 1. The summed E-state index contributed by atoms with van der Waals surface area (Å²) in [6.45, 7) is 0.282. The maximum atomic E-state index is 12.8. The van der Waals surface area contributed by atoms with E-state index < -0.39 is 28.4 Å². The second kappa shape index (κ2) is 9.02. The maximum absolute atomic E-state index is 12.8. The smallest absolute Gasteiger partial charge is 0.338 e. The molecule has 0 saturated carbocycles. The van der Waals surface area contributed by atoms with Crippen LogP contribution in [0.25, 0.3) is 0 Å². The SMILES string of the molecule is O=C(COC(=O)c1ccc(Cl)c(S(=O)(=O)N2CCCC2)c1)c1ccc(Cl)c(Cl)c1. The van der Waals surface area contributed by atoms with Gasteiger partial charge in [-0.2, -0.15) is 4.31 Å². The van der Waals surface area contributed by atoms with Gasteiger partial charge in [0, 0.05) is 18.7 Å². The van der Waals surface area contributed by atoms with Gasteiger partial charge in [-0.15, -0.1) is 0 Å². The summed E-state index contributed by atoms with van der Waals surface area (Å²) in [4.78, 5) is 24.4. The standard InChI is InChI=1S/C19H16Cl3NO5S/c20-14-5-3-12(9-16(14)22)17(24)11-28-19(25)13-4-6-15(21)18(10-13)29(26,27)23-7-1-2-8-23/h3-6,9-10H,1-2,7-8,11H2. The minimum atomic E-state index is -3.81. The number of sulfonamides is 1. The number of rotatable bonds is 6. The van der Waals surface area contributed by atoms with Crippen molar-refractivity contribution in [3.8, 4) is 0 Å². The van der Waals surface area contributed by atoms with Crippen LogP contribution in [-0.2, 0) is 14.8 Å². The molecule has 1 heterocycles. The highest BCUT2D eigenvalue weighted by Crippen LogP contribution is 2.28. The third-order valence-corrected chi connectivity index (χ3v) is 7.54. The molecular formula is C19H16Cl3NO5S. The molecule has 154 valence electrons. The number of Topliss-reactive ketones (excluding diaryl/α,β-unsaturated/α-hetero) is 1. The molecule has 0 aromatic heterocycles. The molecule has 1 fully saturated rings. The van der Waals surface area contributed by atoms with Crippen molar-refractivity contribution < 1.29 is 22.7 Å². The molecule has 0 atom stereocenters. The van der Waals surface area contributed by atoms with E-state index in [-0.39, 0.29) is 26.1 Å². The normalized spacial score (nSPS) is 14.7. The molecule has 0 aliphatic carbocycles. The van der Waals surface area contributed by atoms with E-state index in [0.717, 1.165) is 12.8 Å². The van der Waals surface area contributed by atoms with Crippen molar-refractivity contribution in [1.82, 2.24) is 4.31 Å². The van der Waals surface area contributed by atoms with Crippen LogP contribution in [0.15, 0.2) is 41.3 Å². The van der Waals surface area contributed by atoms with Crippen LogP contribution in [0.1, 0.15) is 33.6 Å². The average molecular weight is 477 g/mol.